The van der Waals surface area contributed by atoms with E-state index in [1.807, 2.05) is 0 Å². The molecule has 2 saturated heterocycles. The van der Waals surface area contributed by atoms with Gasteiger partial charge in [0.25, 0.3) is 0 Å². The summed E-state index contributed by atoms with van der Waals surface area (Å²) in [5.41, 5.74) is -0.130. The fraction of sp³-hybridized carbons (Fsp3) is 0.529. The molecule has 142 valence electrons. The molecule has 7 nitrogen and oxygen atoms in total. The molecule has 2 aliphatic rings. The molecule has 2 unspecified atom stereocenters. The first kappa shape index (κ1) is 18.8. The van der Waals surface area contributed by atoms with E-state index >= 15 is 0 Å². The number of carbonyl (C=O) groups is 2. The lowest BCUT2D eigenvalue weighted by molar-refractivity contribution is -0.147. The van der Waals surface area contributed by atoms with Gasteiger partial charge in [0.05, 0.1) is 5.56 Å². The minimum Gasteiger partial charge on any atom is -0.460 e. The zero-order valence-electron chi connectivity index (χ0n) is 14.3. The van der Waals surface area contributed by atoms with Crippen LogP contribution in [0.2, 0.25) is 0 Å². The Morgan fingerprint density at radius 3 is 2.58 bits per heavy atom. The standard InChI is InChI=1S/C17H20FNO6S/c1-11-9-14(17(21)24-11)25-16(20)12-5-6-13(18)15(10-12)26(22,23)19-7-3-2-4-8-19/h5-6,10-11,14H,2-4,7-9H2,1H3. The van der Waals surface area contributed by atoms with Crippen molar-refractivity contribution in [2.75, 3.05) is 13.1 Å². The molecule has 1 aromatic rings. The van der Waals surface area contributed by atoms with Gasteiger partial charge < -0.3 is 9.47 Å². The van der Waals surface area contributed by atoms with Crippen LogP contribution in [0, 0.1) is 5.82 Å². The monoisotopic (exact) mass is 385 g/mol. The van der Waals surface area contributed by atoms with E-state index in [9.17, 15) is 22.4 Å². The zero-order chi connectivity index (χ0) is 18.9. The minimum atomic E-state index is -4.04. The summed E-state index contributed by atoms with van der Waals surface area (Å²) in [5.74, 6) is -2.47. The molecule has 3 rings (SSSR count). The molecular formula is C17H20FNO6S. The van der Waals surface area contributed by atoms with Crippen molar-refractivity contribution in [3.63, 3.8) is 0 Å². The van der Waals surface area contributed by atoms with Crippen molar-refractivity contribution in [1.82, 2.24) is 4.31 Å². The summed E-state index contributed by atoms with van der Waals surface area (Å²) < 4.78 is 50.8. The maximum atomic E-state index is 14.2. The van der Waals surface area contributed by atoms with Crippen LogP contribution in [0.5, 0.6) is 0 Å². The number of piperidine rings is 1. The van der Waals surface area contributed by atoms with E-state index in [2.05, 4.69) is 0 Å². The summed E-state index contributed by atoms with van der Waals surface area (Å²) in [4.78, 5) is 23.3. The molecule has 0 aliphatic carbocycles. The summed E-state index contributed by atoms with van der Waals surface area (Å²) in [6, 6.07) is 3.02. The highest BCUT2D eigenvalue weighted by molar-refractivity contribution is 7.89. The number of nitrogens with zero attached hydrogens (tertiary/aromatic N) is 1. The molecule has 0 saturated carbocycles. The lowest BCUT2D eigenvalue weighted by atomic mass is 10.2. The fourth-order valence-electron chi connectivity index (χ4n) is 3.09. The number of carbonyl (C=O) groups excluding carboxylic acids is 2. The molecule has 0 N–H and O–H groups in total. The number of halogens is 1. The molecule has 0 amide bonds. The van der Waals surface area contributed by atoms with Crippen molar-refractivity contribution >= 4 is 22.0 Å². The Labute approximate surface area is 151 Å². The van der Waals surface area contributed by atoms with Crippen molar-refractivity contribution < 1.29 is 31.9 Å². The Balaban J connectivity index is 1.83. The second kappa shape index (κ2) is 7.32. The van der Waals surface area contributed by atoms with E-state index in [4.69, 9.17) is 9.47 Å². The van der Waals surface area contributed by atoms with Gasteiger partial charge in [-0.3, -0.25) is 0 Å². The van der Waals surface area contributed by atoms with Crippen molar-refractivity contribution in [3.05, 3.63) is 29.6 Å². The Morgan fingerprint density at radius 2 is 1.96 bits per heavy atom. The highest BCUT2D eigenvalue weighted by Crippen LogP contribution is 2.25. The highest BCUT2D eigenvalue weighted by Gasteiger charge is 2.36. The summed E-state index contributed by atoms with van der Waals surface area (Å²) in [6.45, 7) is 2.32. The molecule has 0 bridgehead atoms. The quantitative estimate of drug-likeness (QED) is 0.735. The van der Waals surface area contributed by atoms with E-state index in [0.717, 1.165) is 24.6 Å². The van der Waals surface area contributed by atoms with Crippen LogP contribution in [0.1, 0.15) is 43.0 Å². The van der Waals surface area contributed by atoms with Crippen LogP contribution in [-0.2, 0) is 24.3 Å². The molecule has 26 heavy (non-hydrogen) atoms. The van der Waals surface area contributed by atoms with Crippen molar-refractivity contribution in [2.24, 2.45) is 0 Å². The number of rotatable bonds is 4. The third-order valence-electron chi connectivity index (χ3n) is 4.48. The predicted octanol–water partition coefficient (Wildman–Crippen LogP) is 1.86. The smallest absolute Gasteiger partial charge is 0.347 e. The molecule has 0 spiro atoms. The number of hydrogen-bond donors (Lipinski definition) is 0. The normalized spacial score (nSPS) is 24.3. The number of sulfonamides is 1. The number of cyclic esters (lactones) is 1. The molecule has 9 heteroatoms. The molecule has 0 radical (unpaired) electrons. The largest absolute Gasteiger partial charge is 0.460 e. The molecule has 2 aliphatic heterocycles. The predicted molar refractivity (Wildman–Crippen MR) is 88.4 cm³/mol. The van der Waals surface area contributed by atoms with Crippen molar-refractivity contribution in [2.45, 2.75) is 49.7 Å². The van der Waals surface area contributed by atoms with Crippen LogP contribution in [0.15, 0.2) is 23.1 Å². The zero-order valence-corrected chi connectivity index (χ0v) is 15.1. The third kappa shape index (κ3) is 3.73. The Morgan fingerprint density at radius 1 is 1.27 bits per heavy atom. The van der Waals surface area contributed by atoms with Gasteiger partial charge in [-0.15, -0.1) is 0 Å². The van der Waals surface area contributed by atoms with Gasteiger partial charge in [0, 0.05) is 19.5 Å². The van der Waals surface area contributed by atoms with Gasteiger partial charge in [0.2, 0.25) is 16.1 Å². The van der Waals surface area contributed by atoms with E-state index in [1.165, 1.54) is 4.31 Å². The summed E-state index contributed by atoms with van der Waals surface area (Å²) in [7, 11) is -4.04. The van der Waals surface area contributed by atoms with Crippen LogP contribution < -0.4 is 0 Å². The SMILES string of the molecule is CC1CC(OC(=O)c2ccc(F)c(S(=O)(=O)N3CCCCC3)c2)C(=O)O1. The first-order chi connectivity index (χ1) is 12.3. The van der Waals surface area contributed by atoms with Gasteiger partial charge in [0.15, 0.2) is 0 Å². The van der Waals surface area contributed by atoms with Crippen LogP contribution in [0.25, 0.3) is 0 Å². The van der Waals surface area contributed by atoms with E-state index in [-0.39, 0.29) is 18.1 Å². The van der Waals surface area contributed by atoms with Crippen LogP contribution in [-0.4, -0.2) is 50.0 Å². The third-order valence-corrected chi connectivity index (χ3v) is 6.39. The molecule has 1 aromatic carbocycles. The van der Waals surface area contributed by atoms with Crippen LogP contribution >= 0.6 is 0 Å². The first-order valence-electron chi connectivity index (χ1n) is 8.50. The maximum Gasteiger partial charge on any atom is 0.347 e. The molecular weight excluding hydrogens is 365 g/mol. The average molecular weight is 385 g/mol. The van der Waals surface area contributed by atoms with Crippen molar-refractivity contribution in [3.8, 4) is 0 Å². The lowest BCUT2D eigenvalue weighted by Crippen LogP contribution is -2.36. The number of hydrogen-bond acceptors (Lipinski definition) is 6. The van der Waals surface area contributed by atoms with E-state index < -0.39 is 38.8 Å². The van der Waals surface area contributed by atoms with Gasteiger partial charge in [-0.05, 0) is 38.0 Å². The minimum absolute atomic E-state index is 0.130. The molecule has 2 heterocycles. The second-order valence-electron chi connectivity index (χ2n) is 6.49. The van der Waals surface area contributed by atoms with Gasteiger partial charge in [0.1, 0.15) is 16.8 Å². The topological polar surface area (TPSA) is 90.0 Å². The first-order valence-corrected chi connectivity index (χ1v) is 9.94. The van der Waals surface area contributed by atoms with Crippen LogP contribution in [0.4, 0.5) is 4.39 Å². The number of benzene rings is 1. The molecule has 2 fully saturated rings. The summed E-state index contributed by atoms with van der Waals surface area (Å²) in [5, 5.41) is 0. The number of esters is 2. The van der Waals surface area contributed by atoms with E-state index in [1.54, 1.807) is 6.92 Å². The number of ether oxygens (including phenoxy) is 2. The lowest BCUT2D eigenvalue weighted by Gasteiger charge is -2.26. The maximum absolute atomic E-state index is 14.2. The summed E-state index contributed by atoms with van der Waals surface area (Å²) >= 11 is 0. The fourth-order valence-corrected chi connectivity index (χ4v) is 4.69. The molecule has 0 aromatic heterocycles. The highest BCUT2D eigenvalue weighted by atomic mass is 32.2. The van der Waals surface area contributed by atoms with Crippen molar-refractivity contribution in [1.29, 1.82) is 0 Å². The van der Waals surface area contributed by atoms with Crippen LogP contribution in [0.3, 0.4) is 0 Å². The van der Waals surface area contributed by atoms with Gasteiger partial charge in [-0.25, -0.2) is 22.4 Å². The van der Waals surface area contributed by atoms with E-state index in [0.29, 0.717) is 25.9 Å². The average Bonchev–Trinajstić information content (AvgIpc) is 2.93. The molecule has 2 atom stereocenters. The van der Waals surface area contributed by atoms with Gasteiger partial charge in [-0.1, -0.05) is 6.42 Å². The Hall–Kier alpha value is -2.00. The second-order valence-corrected chi connectivity index (χ2v) is 8.39. The van der Waals surface area contributed by atoms with Gasteiger partial charge in [-0.2, -0.15) is 4.31 Å². The Kier molecular flexibility index (Phi) is 5.29. The summed E-state index contributed by atoms with van der Waals surface area (Å²) in [6.07, 6.45) is 1.18. The Bertz CT molecular complexity index is 819. The van der Waals surface area contributed by atoms with Gasteiger partial charge >= 0.3 is 11.9 Å².